The van der Waals surface area contributed by atoms with Crippen LogP contribution in [0.3, 0.4) is 0 Å². The molecule has 0 heterocycles. The molecular formula is C67H124NO8P. The topological polar surface area (TPSA) is 111 Å². The summed E-state index contributed by atoms with van der Waals surface area (Å²) in [5.74, 6) is -0.828. The fraction of sp³-hybridized carbons (Fsp3) is 0.821. The summed E-state index contributed by atoms with van der Waals surface area (Å²) in [4.78, 5) is 38.0. The van der Waals surface area contributed by atoms with Crippen molar-refractivity contribution in [1.82, 2.24) is 0 Å². The summed E-state index contributed by atoms with van der Waals surface area (Å²) in [6.45, 7) is 4.16. The number of carbonyl (C=O) groups excluding carboxylic acids is 2. The molecule has 0 aliphatic rings. The van der Waals surface area contributed by atoms with Gasteiger partial charge in [-0.25, -0.2) is 0 Å². The molecular weight excluding hydrogens is 978 g/mol. The number of nitrogens with zero attached hydrogens (tertiary/aromatic N) is 1. The van der Waals surface area contributed by atoms with E-state index in [2.05, 4.69) is 74.6 Å². The lowest BCUT2D eigenvalue weighted by Gasteiger charge is -2.28. The van der Waals surface area contributed by atoms with E-state index in [0.717, 1.165) is 77.0 Å². The zero-order chi connectivity index (χ0) is 56.3. The Balaban J connectivity index is 4.08. The Bertz CT molecular complexity index is 1480. The zero-order valence-electron chi connectivity index (χ0n) is 51.2. The molecule has 0 aliphatic carbocycles. The zero-order valence-corrected chi connectivity index (χ0v) is 52.1. The first-order valence-electron chi connectivity index (χ1n) is 32.5. The number of rotatable bonds is 60. The minimum absolute atomic E-state index is 0.0325. The van der Waals surface area contributed by atoms with E-state index >= 15 is 0 Å². The van der Waals surface area contributed by atoms with E-state index < -0.39 is 26.5 Å². The molecule has 0 aliphatic heterocycles. The van der Waals surface area contributed by atoms with Crippen LogP contribution in [0.1, 0.15) is 303 Å². The highest BCUT2D eigenvalue weighted by Gasteiger charge is 2.22. The van der Waals surface area contributed by atoms with Crippen LogP contribution in [0.4, 0.5) is 0 Å². The first kappa shape index (κ1) is 74.7. The number of allylic oxidation sites excluding steroid dienone is 10. The fourth-order valence-corrected chi connectivity index (χ4v) is 10.1. The van der Waals surface area contributed by atoms with Crippen molar-refractivity contribution in [3.63, 3.8) is 0 Å². The normalized spacial score (nSPS) is 13.6. The van der Waals surface area contributed by atoms with Crippen molar-refractivity contribution in [2.24, 2.45) is 0 Å². The van der Waals surface area contributed by atoms with Crippen molar-refractivity contribution in [2.45, 2.75) is 309 Å². The van der Waals surface area contributed by atoms with Crippen LogP contribution >= 0.6 is 7.82 Å². The van der Waals surface area contributed by atoms with E-state index in [1.807, 2.05) is 21.1 Å². The second-order valence-electron chi connectivity index (χ2n) is 23.1. The minimum atomic E-state index is -4.64. The van der Waals surface area contributed by atoms with Gasteiger partial charge in [0, 0.05) is 12.8 Å². The van der Waals surface area contributed by atoms with Crippen molar-refractivity contribution in [3.05, 3.63) is 60.8 Å². The van der Waals surface area contributed by atoms with Gasteiger partial charge in [0.15, 0.2) is 6.10 Å². The van der Waals surface area contributed by atoms with Gasteiger partial charge < -0.3 is 27.9 Å². The first-order valence-corrected chi connectivity index (χ1v) is 34.0. The second-order valence-corrected chi connectivity index (χ2v) is 24.5. The lowest BCUT2D eigenvalue weighted by Crippen LogP contribution is -2.37. The van der Waals surface area contributed by atoms with E-state index in [0.29, 0.717) is 17.4 Å². The largest absolute Gasteiger partial charge is 0.756 e. The number of carbonyl (C=O) groups is 2. The Morgan fingerprint density at radius 1 is 0.416 bits per heavy atom. The summed E-state index contributed by atoms with van der Waals surface area (Å²) in [5.41, 5.74) is 0. The third-order valence-corrected chi connectivity index (χ3v) is 15.3. The number of esters is 2. The molecule has 0 N–H and O–H groups in total. The van der Waals surface area contributed by atoms with Crippen LogP contribution in [-0.4, -0.2) is 70.0 Å². The van der Waals surface area contributed by atoms with Gasteiger partial charge in [0.2, 0.25) is 0 Å². The van der Waals surface area contributed by atoms with Gasteiger partial charge in [-0.3, -0.25) is 14.2 Å². The first-order chi connectivity index (χ1) is 37.5. The lowest BCUT2D eigenvalue weighted by molar-refractivity contribution is -0.870. The maximum absolute atomic E-state index is 12.8. The number of quaternary nitrogens is 1. The molecule has 0 saturated carbocycles. The number of unbranched alkanes of at least 4 members (excludes halogenated alkanes) is 36. The van der Waals surface area contributed by atoms with Crippen molar-refractivity contribution >= 4 is 19.8 Å². The average molecular weight is 1100 g/mol. The fourth-order valence-electron chi connectivity index (χ4n) is 9.33. The van der Waals surface area contributed by atoms with Crippen LogP contribution in [0, 0.1) is 0 Å². The van der Waals surface area contributed by atoms with E-state index in [1.54, 1.807) is 0 Å². The molecule has 0 fully saturated rings. The van der Waals surface area contributed by atoms with Gasteiger partial charge in [-0.1, -0.05) is 293 Å². The number of phosphoric ester groups is 1. The Morgan fingerprint density at radius 3 is 1.10 bits per heavy atom. The van der Waals surface area contributed by atoms with Crippen LogP contribution in [0.15, 0.2) is 60.8 Å². The molecule has 0 aromatic carbocycles. The third-order valence-electron chi connectivity index (χ3n) is 14.3. The van der Waals surface area contributed by atoms with Gasteiger partial charge in [0.1, 0.15) is 19.8 Å². The monoisotopic (exact) mass is 1100 g/mol. The molecule has 77 heavy (non-hydrogen) atoms. The SMILES string of the molecule is CC/C=C\C/C=C\C/C=C\C/C=C\C/C=C\CCCCCCCCCCCC(=O)OC(COC(=O)CCCCCCCCCCCCCCCCCCCCCCCCCCCCCC)COP(=O)([O-])OCC[N+](C)(C)C. The van der Waals surface area contributed by atoms with Crippen LogP contribution in [-0.2, 0) is 32.7 Å². The molecule has 10 heteroatoms. The Hall–Kier alpha value is -2.29. The molecule has 0 aromatic heterocycles. The number of hydrogen-bond donors (Lipinski definition) is 0. The smallest absolute Gasteiger partial charge is 0.306 e. The standard InChI is InChI=1S/C67H124NO8P/c1-6-8-10-12-14-16-18-20-22-24-26-28-30-32-33-34-36-37-39-41-43-45-47-49-51-53-55-57-59-66(69)73-63-65(64-75-77(71,72)74-62-61-68(3,4)5)76-67(70)60-58-56-54-52-50-48-46-44-42-40-38-35-31-29-27-25-23-21-19-17-15-13-11-9-7-2/h9,11,15,17,21,23,27,29,35,38,65H,6-8,10,12-14,16,18-20,22,24-26,28,30-34,36-37,39-64H2,1-5H3/b11-9-,17-15-,23-21-,29-27-,38-35-. The maximum atomic E-state index is 12.8. The van der Waals surface area contributed by atoms with Gasteiger partial charge in [0.05, 0.1) is 27.7 Å². The predicted molar refractivity (Wildman–Crippen MR) is 328 cm³/mol. The van der Waals surface area contributed by atoms with Crippen LogP contribution in [0.5, 0.6) is 0 Å². The highest BCUT2D eigenvalue weighted by atomic mass is 31.2. The van der Waals surface area contributed by atoms with E-state index in [4.69, 9.17) is 18.5 Å². The van der Waals surface area contributed by atoms with Gasteiger partial charge in [0.25, 0.3) is 7.82 Å². The molecule has 0 rings (SSSR count). The molecule has 0 bridgehead atoms. The van der Waals surface area contributed by atoms with Gasteiger partial charge in [-0.15, -0.1) is 0 Å². The van der Waals surface area contributed by atoms with E-state index in [9.17, 15) is 19.0 Å². The van der Waals surface area contributed by atoms with Crippen LogP contribution < -0.4 is 4.89 Å². The number of hydrogen-bond acceptors (Lipinski definition) is 8. The molecule has 0 amide bonds. The van der Waals surface area contributed by atoms with Gasteiger partial charge >= 0.3 is 11.9 Å². The molecule has 2 unspecified atom stereocenters. The van der Waals surface area contributed by atoms with Gasteiger partial charge in [-0.05, 0) is 57.8 Å². The van der Waals surface area contributed by atoms with E-state index in [1.165, 1.54) is 193 Å². The Labute approximate surface area is 476 Å². The van der Waals surface area contributed by atoms with Crippen molar-refractivity contribution in [3.8, 4) is 0 Å². The Kier molecular flexibility index (Phi) is 56.6. The molecule has 0 aromatic rings. The predicted octanol–water partition coefficient (Wildman–Crippen LogP) is 20.0. The third kappa shape index (κ3) is 62.8. The van der Waals surface area contributed by atoms with Crippen molar-refractivity contribution in [1.29, 1.82) is 0 Å². The number of phosphoric acid groups is 1. The maximum Gasteiger partial charge on any atom is 0.306 e. The van der Waals surface area contributed by atoms with Gasteiger partial charge in [-0.2, -0.15) is 0 Å². The summed E-state index contributed by atoms with van der Waals surface area (Å²) in [6, 6.07) is 0. The van der Waals surface area contributed by atoms with Crippen molar-refractivity contribution in [2.75, 3.05) is 47.5 Å². The summed E-state index contributed by atoms with van der Waals surface area (Å²) >= 11 is 0. The summed E-state index contributed by atoms with van der Waals surface area (Å²) in [7, 11) is 1.17. The highest BCUT2D eigenvalue weighted by molar-refractivity contribution is 7.45. The van der Waals surface area contributed by atoms with E-state index in [-0.39, 0.29) is 32.0 Å². The minimum Gasteiger partial charge on any atom is -0.756 e. The molecule has 0 spiro atoms. The quantitative estimate of drug-likeness (QED) is 0.0195. The molecule has 450 valence electrons. The van der Waals surface area contributed by atoms with Crippen molar-refractivity contribution < 1.29 is 42.1 Å². The molecule has 9 nitrogen and oxygen atoms in total. The van der Waals surface area contributed by atoms with Crippen LogP contribution in [0.2, 0.25) is 0 Å². The lowest BCUT2D eigenvalue weighted by atomic mass is 10.0. The molecule has 0 radical (unpaired) electrons. The summed E-state index contributed by atoms with van der Waals surface area (Å²) in [5, 5.41) is 0. The second kappa shape index (κ2) is 58.4. The van der Waals surface area contributed by atoms with Crippen LogP contribution in [0.25, 0.3) is 0 Å². The number of ether oxygens (including phenoxy) is 2. The highest BCUT2D eigenvalue weighted by Crippen LogP contribution is 2.38. The number of likely N-dealkylation sites (N-methyl/N-ethyl adjacent to an activating group) is 1. The average Bonchev–Trinajstić information content (AvgIpc) is 3.39. The summed E-state index contributed by atoms with van der Waals surface area (Å²) in [6.07, 6.45) is 75.7. The molecule has 2 atom stereocenters. The summed E-state index contributed by atoms with van der Waals surface area (Å²) < 4.78 is 34.3. The Morgan fingerprint density at radius 2 is 0.740 bits per heavy atom. The molecule has 0 saturated heterocycles.